The van der Waals surface area contributed by atoms with E-state index in [0.717, 1.165) is 32.1 Å². The Morgan fingerprint density at radius 3 is 2.64 bits per heavy atom. The van der Waals surface area contributed by atoms with E-state index in [1.807, 2.05) is 0 Å². The van der Waals surface area contributed by atoms with Gasteiger partial charge in [-0.2, -0.15) is 0 Å². The Morgan fingerprint density at radius 2 is 1.76 bits per heavy atom. The van der Waals surface area contributed by atoms with Crippen molar-refractivity contribution < 1.29 is 14.1 Å². The van der Waals surface area contributed by atoms with Gasteiger partial charge < -0.3 is 5.73 Å². The first kappa shape index (κ1) is 17.6. The summed E-state index contributed by atoms with van der Waals surface area (Å²) in [6.45, 7) is 0. The maximum absolute atomic E-state index is 11.8. The van der Waals surface area contributed by atoms with E-state index in [1.54, 1.807) is 0 Å². The van der Waals surface area contributed by atoms with Crippen molar-refractivity contribution >= 4 is 5.91 Å². The Balaban J connectivity index is 1.87. The number of hydrogen-bond donors (Lipinski definition) is 1. The van der Waals surface area contributed by atoms with E-state index in [2.05, 4.69) is 58.3 Å². The van der Waals surface area contributed by atoms with Crippen LogP contribution in [0.4, 0.5) is 0 Å². The summed E-state index contributed by atoms with van der Waals surface area (Å²) < 4.78 is 4.36. The largest absolute Gasteiger partial charge is 0.369 e. The van der Waals surface area contributed by atoms with Crippen LogP contribution >= 0.6 is 0 Å². The third-order valence-corrected chi connectivity index (χ3v) is 5.19. The third-order valence-electron chi connectivity index (χ3n) is 5.19. The van der Waals surface area contributed by atoms with Gasteiger partial charge in [-0.05, 0) is 37.8 Å². The standard InChI is InChI=1S/C21H28N3O/c22-21(25)19-10-4-2-1-3-5-11-20-12-6-7-16-24(20)23-15-8-9-18(17-23)13-14-19/h6-9,12,15-17,19H,1-5,10-11,13-14H2,(H-,22,25)/q+1/p+1. The number of fused-ring (bicyclic) bond motifs is 4. The molecule has 3 heterocycles. The van der Waals surface area contributed by atoms with E-state index in [4.69, 9.17) is 5.73 Å². The Labute approximate surface area is 150 Å². The SMILES string of the molecule is NC(=O)C1CCCCCCCc2cccc[n+]2-[n+]2cccc(c2)CC1. The predicted molar refractivity (Wildman–Crippen MR) is 96.5 cm³/mol. The predicted octanol–water partition coefficient (Wildman–Crippen LogP) is 2.50. The van der Waals surface area contributed by atoms with Crippen molar-refractivity contribution in [2.45, 2.75) is 57.8 Å². The van der Waals surface area contributed by atoms with Gasteiger partial charge in [-0.3, -0.25) is 4.79 Å². The lowest BCUT2D eigenvalue weighted by molar-refractivity contribution is -1.30. The molecule has 25 heavy (non-hydrogen) atoms. The molecule has 4 nitrogen and oxygen atoms in total. The molecule has 3 rings (SSSR count). The summed E-state index contributed by atoms with van der Waals surface area (Å²) in [5.41, 5.74) is 8.19. The zero-order valence-electron chi connectivity index (χ0n) is 14.9. The van der Waals surface area contributed by atoms with Crippen molar-refractivity contribution in [1.29, 1.82) is 0 Å². The number of carbonyl (C=O) groups is 1. The van der Waals surface area contributed by atoms with Crippen LogP contribution in [0.3, 0.4) is 0 Å². The van der Waals surface area contributed by atoms with E-state index in [1.165, 1.54) is 36.9 Å². The highest BCUT2D eigenvalue weighted by Gasteiger charge is 2.21. The smallest absolute Gasteiger partial charge is 0.253 e. The van der Waals surface area contributed by atoms with Crippen LogP contribution < -0.4 is 15.1 Å². The minimum absolute atomic E-state index is 0.00118. The van der Waals surface area contributed by atoms with Gasteiger partial charge in [0.05, 0.1) is 9.35 Å². The van der Waals surface area contributed by atoms with Gasteiger partial charge in [-0.1, -0.05) is 25.7 Å². The molecule has 2 aromatic rings. The van der Waals surface area contributed by atoms with Gasteiger partial charge in [0.1, 0.15) is 0 Å². The molecule has 1 aliphatic rings. The normalized spacial score (nSPS) is 19.3. The van der Waals surface area contributed by atoms with Crippen LogP contribution in [-0.2, 0) is 17.6 Å². The number of carbonyl (C=O) groups excluding carboxylic acids is 1. The first-order valence-corrected chi connectivity index (χ1v) is 9.54. The minimum Gasteiger partial charge on any atom is -0.369 e. The number of hydrogen-bond acceptors (Lipinski definition) is 1. The van der Waals surface area contributed by atoms with Crippen molar-refractivity contribution in [3.8, 4) is 0 Å². The van der Waals surface area contributed by atoms with Gasteiger partial charge in [0.25, 0.3) is 5.69 Å². The quantitative estimate of drug-likeness (QED) is 0.798. The molecule has 0 spiro atoms. The monoisotopic (exact) mass is 339 g/mol. The highest BCUT2D eigenvalue weighted by molar-refractivity contribution is 5.76. The van der Waals surface area contributed by atoms with Crippen LogP contribution in [0.25, 0.3) is 0 Å². The van der Waals surface area contributed by atoms with Gasteiger partial charge in [-0.15, -0.1) is 0 Å². The van der Waals surface area contributed by atoms with Gasteiger partial charge in [0, 0.05) is 36.1 Å². The maximum Gasteiger partial charge on any atom is 0.253 e. The molecule has 0 radical (unpaired) electrons. The minimum atomic E-state index is -0.146. The van der Waals surface area contributed by atoms with Crippen molar-refractivity contribution in [3.63, 3.8) is 0 Å². The fourth-order valence-electron chi connectivity index (χ4n) is 3.68. The van der Waals surface area contributed by atoms with Crippen LogP contribution in [0.15, 0.2) is 48.9 Å². The number of primary amides is 1. The number of nitrogens with two attached hydrogens (primary N) is 1. The molecule has 0 saturated carbocycles. The van der Waals surface area contributed by atoms with Gasteiger partial charge >= 0.3 is 0 Å². The van der Waals surface area contributed by atoms with E-state index < -0.39 is 0 Å². The molecule has 4 heteroatoms. The van der Waals surface area contributed by atoms with Crippen molar-refractivity contribution in [2.75, 3.05) is 0 Å². The number of pyridine rings is 2. The van der Waals surface area contributed by atoms with Gasteiger partial charge in [0.2, 0.25) is 24.5 Å². The van der Waals surface area contributed by atoms with Crippen LogP contribution in [0, 0.1) is 5.92 Å². The van der Waals surface area contributed by atoms with E-state index >= 15 is 0 Å². The average molecular weight is 339 g/mol. The molecule has 0 saturated heterocycles. The number of aromatic nitrogens is 2. The molecule has 2 aromatic heterocycles. The number of aryl methyl sites for hydroxylation is 2. The molecule has 0 aliphatic carbocycles. The Morgan fingerprint density at radius 1 is 0.920 bits per heavy atom. The van der Waals surface area contributed by atoms with Gasteiger partial charge in [0.15, 0.2) is 0 Å². The van der Waals surface area contributed by atoms with Crippen LogP contribution in [0.2, 0.25) is 0 Å². The highest BCUT2D eigenvalue weighted by atomic mass is 16.1. The van der Waals surface area contributed by atoms with Crippen LogP contribution in [0.1, 0.15) is 56.2 Å². The molecule has 2 N–H and O–H groups in total. The summed E-state index contributed by atoms with van der Waals surface area (Å²) in [4.78, 5) is 11.8. The third kappa shape index (κ3) is 4.88. The lowest BCUT2D eigenvalue weighted by Gasteiger charge is -2.12. The first-order valence-electron chi connectivity index (χ1n) is 9.54. The van der Waals surface area contributed by atoms with Crippen molar-refractivity contribution in [2.24, 2.45) is 11.7 Å². The van der Waals surface area contributed by atoms with E-state index in [9.17, 15) is 4.79 Å². The second kappa shape index (κ2) is 8.75. The van der Waals surface area contributed by atoms with Crippen LogP contribution in [0.5, 0.6) is 0 Å². The molecular formula is C21H29N3O+2. The maximum atomic E-state index is 11.8. The zero-order valence-corrected chi connectivity index (χ0v) is 14.9. The number of rotatable bonds is 1. The fourth-order valence-corrected chi connectivity index (χ4v) is 3.68. The summed E-state index contributed by atoms with van der Waals surface area (Å²) in [5, 5.41) is 0. The van der Waals surface area contributed by atoms with Crippen molar-refractivity contribution in [3.05, 3.63) is 60.2 Å². The number of amides is 1. The molecule has 0 fully saturated rings. The summed E-state index contributed by atoms with van der Waals surface area (Å²) in [6.07, 6.45) is 16.1. The Kier molecular flexibility index (Phi) is 6.15. The molecule has 1 amide bonds. The molecule has 1 atom stereocenters. The zero-order chi connectivity index (χ0) is 17.5. The summed E-state index contributed by atoms with van der Waals surface area (Å²) in [6, 6.07) is 10.6. The Bertz CT molecular complexity index is 714. The molecule has 1 aliphatic heterocycles. The van der Waals surface area contributed by atoms with Crippen molar-refractivity contribution in [1.82, 2.24) is 0 Å². The van der Waals surface area contributed by atoms with E-state index in [0.29, 0.717) is 0 Å². The molecule has 1 unspecified atom stereocenters. The molecule has 132 valence electrons. The lowest BCUT2D eigenvalue weighted by Crippen LogP contribution is -2.67. The highest BCUT2D eigenvalue weighted by Crippen LogP contribution is 2.17. The second-order valence-corrected chi connectivity index (χ2v) is 7.07. The van der Waals surface area contributed by atoms with Gasteiger partial charge in [-0.25, -0.2) is 0 Å². The number of nitrogens with zero attached hydrogens (tertiary/aromatic N) is 2. The molecule has 0 aromatic carbocycles. The summed E-state index contributed by atoms with van der Waals surface area (Å²) in [5.74, 6) is -0.147. The lowest BCUT2D eigenvalue weighted by atomic mass is 9.93. The Hall–Kier alpha value is -2.23. The summed E-state index contributed by atoms with van der Waals surface area (Å²) in [7, 11) is 0. The fraction of sp³-hybridized carbons (Fsp3) is 0.476. The average Bonchev–Trinajstić information content (AvgIpc) is 2.63. The first-order chi connectivity index (χ1) is 12.2. The summed E-state index contributed by atoms with van der Waals surface area (Å²) >= 11 is 0. The van der Waals surface area contributed by atoms with Crippen LogP contribution in [-0.4, -0.2) is 5.91 Å². The van der Waals surface area contributed by atoms with E-state index in [-0.39, 0.29) is 11.8 Å². The topological polar surface area (TPSA) is 50.9 Å². The molecular weight excluding hydrogens is 310 g/mol. The molecule has 2 bridgehead atoms. The second-order valence-electron chi connectivity index (χ2n) is 7.07.